The summed E-state index contributed by atoms with van der Waals surface area (Å²) < 4.78 is 1.99. The van der Waals surface area contributed by atoms with E-state index in [0.29, 0.717) is 6.04 Å². The van der Waals surface area contributed by atoms with Gasteiger partial charge in [-0.1, -0.05) is 12.8 Å². The highest BCUT2D eigenvalue weighted by molar-refractivity contribution is 5.95. The summed E-state index contributed by atoms with van der Waals surface area (Å²) in [5.41, 5.74) is 7.10. The lowest BCUT2D eigenvalue weighted by atomic mass is 10.2. The summed E-state index contributed by atoms with van der Waals surface area (Å²) >= 11 is 0. The number of aryl methyl sites for hydroxylation is 1. The Labute approximate surface area is 83.6 Å². The summed E-state index contributed by atoms with van der Waals surface area (Å²) in [6.45, 7) is 1.90. The number of nitrogens with two attached hydrogens (primary N) is 1. The highest BCUT2D eigenvalue weighted by Gasteiger charge is 2.19. The van der Waals surface area contributed by atoms with Crippen molar-refractivity contribution in [1.29, 1.82) is 5.41 Å². The predicted molar refractivity (Wildman–Crippen MR) is 55.5 cm³/mol. The fraction of sp³-hybridized carbons (Fsp3) is 0.600. The molecule has 0 spiro atoms. The lowest BCUT2D eigenvalue weighted by Crippen LogP contribution is -2.11. The molecule has 0 saturated heterocycles. The van der Waals surface area contributed by atoms with E-state index in [9.17, 15) is 0 Å². The predicted octanol–water partition coefficient (Wildman–Crippen LogP) is 1.59. The van der Waals surface area contributed by atoms with Crippen molar-refractivity contribution >= 4 is 5.84 Å². The number of hydrogen-bond donors (Lipinski definition) is 2. The maximum Gasteiger partial charge on any atom is 0.126 e. The van der Waals surface area contributed by atoms with Crippen LogP contribution in [0.2, 0.25) is 0 Å². The molecule has 0 aliphatic heterocycles. The van der Waals surface area contributed by atoms with Crippen molar-refractivity contribution in [2.24, 2.45) is 5.73 Å². The van der Waals surface area contributed by atoms with Crippen LogP contribution in [0, 0.1) is 12.3 Å². The molecule has 4 heteroatoms. The van der Waals surface area contributed by atoms with Crippen LogP contribution in [0.4, 0.5) is 0 Å². The van der Waals surface area contributed by atoms with Gasteiger partial charge in [-0.05, 0) is 19.8 Å². The first-order valence-corrected chi connectivity index (χ1v) is 5.08. The van der Waals surface area contributed by atoms with Gasteiger partial charge in [0.25, 0.3) is 0 Å². The summed E-state index contributed by atoms with van der Waals surface area (Å²) in [6, 6.07) is 0.529. The first-order valence-electron chi connectivity index (χ1n) is 5.08. The zero-order valence-corrected chi connectivity index (χ0v) is 8.45. The molecule has 0 unspecified atom stereocenters. The van der Waals surface area contributed by atoms with E-state index in [1.807, 2.05) is 17.8 Å². The minimum atomic E-state index is 0.117. The molecule has 1 saturated carbocycles. The van der Waals surface area contributed by atoms with E-state index < -0.39 is 0 Å². The van der Waals surface area contributed by atoms with Gasteiger partial charge in [0, 0.05) is 6.20 Å². The van der Waals surface area contributed by atoms with E-state index in [2.05, 4.69) is 5.10 Å². The molecule has 2 rings (SSSR count). The minimum Gasteiger partial charge on any atom is -0.384 e. The van der Waals surface area contributed by atoms with Crippen molar-refractivity contribution in [3.63, 3.8) is 0 Å². The number of nitrogens with zero attached hydrogens (tertiary/aromatic N) is 2. The molecular weight excluding hydrogens is 176 g/mol. The molecule has 1 fully saturated rings. The maximum absolute atomic E-state index is 7.38. The van der Waals surface area contributed by atoms with E-state index in [1.165, 1.54) is 25.7 Å². The SMILES string of the molecule is Cc1nn(C2CCCC2)cc1C(=N)N. The fourth-order valence-electron chi connectivity index (χ4n) is 2.10. The topological polar surface area (TPSA) is 67.7 Å². The van der Waals surface area contributed by atoms with Gasteiger partial charge < -0.3 is 5.73 Å². The van der Waals surface area contributed by atoms with Gasteiger partial charge in [0.2, 0.25) is 0 Å². The fourth-order valence-corrected chi connectivity index (χ4v) is 2.10. The van der Waals surface area contributed by atoms with E-state index >= 15 is 0 Å². The van der Waals surface area contributed by atoms with E-state index in [0.717, 1.165) is 11.3 Å². The third kappa shape index (κ3) is 1.52. The van der Waals surface area contributed by atoms with Crippen LogP contribution in [0.3, 0.4) is 0 Å². The summed E-state index contributed by atoms with van der Waals surface area (Å²) in [6.07, 6.45) is 6.91. The Bertz CT molecular complexity index is 347. The van der Waals surface area contributed by atoms with Crippen LogP contribution in [-0.4, -0.2) is 15.6 Å². The lowest BCUT2D eigenvalue weighted by Gasteiger charge is -2.08. The Morgan fingerprint density at radius 3 is 2.71 bits per heavy atom. The molecule has 1 aliphatic carbocycles. The molecule has 0 radical (unpaired) electrons. The van der Waals surface area contributed by atoms with E-state index in [1.54, 1.807) is 0 Å². The Balaban J connectivity index is 2.27. The molecule has 0 amide bonds. The molecule has 1 aromatic heterocycles. The van der Waals surface area contributed by atoms with E-state index in [-0.39, 0.29) is 5.84 Å². The summed E-state index contributed by atoms with van der Waals surface area (Å²) in [5, 5.41) is 11.8. The number of nitrogens with one attached hydrogen (secondary N) is 1. The highest BCUT2D eigenvalue weighted by atomic mass is 15.3. The Hall–Kier alpha value is -1.32. The third-order valence-electron chi connectivity index (χ3n) is 2.91. The van der Waals surface area contributed by atoms with Gasteiger partial charge in [0.15, 0.2) is 0 Å². The van der Waals surface area contributed by atoms with E-state index in [4.69, 9.17) is 11.1 Å². The summed E-state index contributed by atoms with van der Waals surface area (Å²) in [7, 11) is 0. The Morgan fingerprint density at radius 2 is 2.21 bits per heavy atom. The van der Waals surface area contributed by atoms with Crippen LogP contribution in [-0.2, 0) is 0 Å². The van der Waals surface area contributed by atoms with Gasteiger partial charge in [0.05, 0.1) is 17.3 Å². The average molecular weight is 192 g/mol. The van der Waals surface area contributed by atoms with Crippen molar-refractivity contribution in [3.8, 4) is 0 Å². The number of aromatic nitrogens is 2. The molecule has 3 N–H and O–H groups in total. The monoisotopic (exact) mass is 192 g/mol. The van der Waals surface area contributed by atoms with Crippen molar-refractivity contribution in [2.45, 2.75) is 38.6 Å². The average Bonchev–Trinajstić information content (AvgIpc) is 2.70. The van der Waals surface area contributed by atoms with Crippen LogP contribution in [0.15, 0.2) is 6.20 Å². The Morgan fingerprint density at radius 1 is 1.57 bits per heavy atom. The van der Waals surface area contributed by atoms with Crippen LogP contribution in [0.25, 0.3) is 0 Å². The molecule has 14 heavy (non-hydrogen) atoms. The van der Waals surface area contributed by atoms with Gasteiger partial charge in [-0.3, -0.25) is 10.1 Å². The summed E-state index contributed by atoms with van der Waals surface area (Å²) in [5.74, 6) is 0.117. The van der Waals surface area contributed by atoms with Gasteiger partial charge >= 0.3 is 0 Å². The number of rotatable bonds is 2. The second-order valence-corrected chi connectivity index (χ2v) is 3.96. The van der Waals surface area contributed by atoms with Crippen LogP contribution >= 0.6 is 0 Å². The summed E-state index contributed by atoms with van der Waals surface area (Å²) in [4.78, 5) is 0. The third-order valence-corrected chi connectivity index (χ3v) is 2.91. The molecular formula is C10H16N4. The highest BCUT2D eigenvalue weighted by Crippen LogP contribution is 2.29. The second-order valence-electron chi connectivity index (χ2n) is 3.96. The molecule has 0 aromatic carbocycles. The molecule has 1 aliphatic rings. The normalized spacial score (nSPS) is 17.5. The number of amidine groups is 1. The molecule has 0 bridgehead atoms. The van der Waals surface area contributed by atoms with Crippen LogP contribution in [0.1, 0.15) is 43.0 Å². The number of hydrogen-bond acceptors (Lipinski definition) is 2. The minimum absolute atomic E-state index is 0.117. The second kappa shape index (κ2) is 3.44. The zero-order valence-electron chi connectivity index (χ0n) is 8.45. The molecule has 1 heterocycles. The molecule has 76 valence electrons. The molecule has 4 nitrogen and oxygen atoms in total. The quantitative estimate of drug-likeness (QED) is 0.552. The van der Waals surface area contributed by atoms with Crippen LogP contribution < -0.4 is 5.73 Å². The van der Waals surface area contributed by atoms with Gasteiger partial charge in [-0.25, -0.2) is 0 Å². The van der Waals surface area contributed by atoms with Crippen molar-refractivity contribution in [1.82, 2.24) is 9.78 Å². The standard InChI is InChI=1S/C10H16N4/c1-7-9(10(11)12)6-14(13-7)8-4-2-3-5-8/h6,8H,2-5H2,1H3,(H3,11,12). The molecule has 0 atom stereocenters. The van der Waals surface area contributed by atoms with Gasteiger partial charge in [-0.15, -0.1) is 0 Å². The van der Waals surface area contributed by atoms with Crippen molar-refractivity contribution in [3.05, 3.63) is 17.5 Å². The molecule has 1 aromatic rings. The smallest absolute Gasteiger partial charge is 0.126 e. The maximum atomic E-state index is 7.38. The first-order chi connectivity index (χ1) is 6.68. The number of nitrogen functional groups attached to an aromatic ring is 1. The van der Waals surface area contributed by atoms with Gasteiger partial charge in [-0.2, -0.15) is 5.10 Å². The van der Waals surface area contributed by atoms with Crippen molar-refractivity contribution < 1.29 is 0 Å². The first kappa shape index (κ1) is 9.24. The van der Waals surface area contributed by atoms with Crippen LogP contribution in [0.5, 0.6) is 0 Å². The largest absolute Gasteiger partial charge is 0.384 e. The Kier molecular flexibility index (Phi) is 2.27. The van der Waals surface area contributed by atoms with Gasteiger partial charge in [0.1, 0.15) is 5.84 Å². The van der Waals surface area contributed by atoms with Crippen molar-refractivity contribution in [2.75, 3.05) is 0 Å². The zero-order chi connectivity index (χ0) is 10.1. The lowest BCUT2D eigenvalue weighted by molar-refractivity contribution is 0.464.